The highest BCUT2D eigenvalue weighted by molar-refractivity contribution is 7.80. The highest BCUT2D eigenvalue weighted by Crippen LogP contribution is 2.44. The number of thiocarbonyl (C=S) groups is 1. The first-order valence-corrected chi connectivity index (χ1v) is 14.5. The molecule has 39 heavy (non-hydrogen) atoms. The molecule has 0 aliphatic carbocycles. The van der Waals surface area contributed by atoms with Gasteiger partial charge in [0.15, 0.2) is 5.11 Å². The van der Waals surface area contributed by atoms with Crippen molar-refractivity contribution in [3.63, 3.8) is 0 Å². The van der Waals surface area contributed by atoms with Gasteiger partial charge in [-0.05, 0) is 97.6 Å². The van der Waals surface area contributed by atoms with Crippen molar-refractivity contribution < 1.29 is 0 Å². The fourth-order valence-corrected chi connectivity index (χ4v) is 6.98. The van der Waals surface area contributed by atoms with E-state index in [1.165, 1.54) is 12.0 Å². The first-order chi connectivity index (χ1) is 18.9. The van der Waals surface area contributed by atoms with Gasteiger partial charge in [-0.25, -0.2) is 0 Å². The number of rotatable bonds is 5. The van der Waals surface area contributed by atoms with Crippen molar-refractivity contribution >= 4 is 40.3 Å². The SMILES string of the molecule is Cc1cccc(-n2cccc2[C@@H]2[C@H](c3ccccn3)NC(=S)N2c2ccc(N3C[C@@H](C)C[C@H](C)C3)c(Cl)c2)c1. The topological polar surface area (TPSA) is 36.3 Å². The Labute approximate surface area is 241 Å². The largest absolute Gasteiger partial charge is 0.370 e. The zero-order valence-corrected chi connectivity index (χ0v) is 24.2. The Balaban J connectivity index is 1.43. The molecule has 1 N–H and O–H groups in total. The van der Waals surface area contributed by atoms with E-state index in [1.807, 2.05) is 18.3 Å². The minimum Gasteiger partial charge on any atom is -0.370 e. The Morgan fingerprint density at radius 1 is 0.923 bits per heavy atom. The van der Waals surface area contributed by atoms with Crippen LogP contribution < -0.4 is 15.1 Å². The predicted molar refractivity (Wildman–Crippen MR) is 165 cm³/mol. The monoisotopic (exact) mass is 555 g/mol. The van der Waals surface area contributed by atoms with Crippen LogP contribution in [0, 0.1) is 18.8 Å². The van der Waals surface area contributed by atoms with E-state index in [4.69, 9.17) is 28.8 Å². The lowest BCUT2D eigenvalue weighted by atomic mass is 9.91. The van der Waals surface area contributed by atoms with E-state index < -0.39 is 0 Å². The third-order valence-corrected chi connectivity index (χ3v) is 8.50. The van der Waals surface area contributed by atoms with Crippen LogP contribution in [-0.4, -0.2) is 27.8 Å². The highest BCUT2D eigenvalue weighted by atomic mass is 35.5. The van der Waals surface area contributed by atoms with Gasteiger partial charge < -0.3 is 19.7 Å². The number of pyridine rings is 1. The van der Waals surface area contributed by atoms with Crippen LogP contribution in [-0.2, 0) is 0 Å². The third-order valence-electron chi connectivity index (χ3n) is 7.88. The zero-order valence-electron chi connectivity index (χ0n) is 22.6. The number of halogens is 1. The Morgan fingerprint density at radius 3 is 2.46 bits per heavy atom. The lowest BCUT2D eigenvalue weighted by Crippen LogP contribution is -2.38. The summed E-state index contributed by atoms with van der Waals surface area (Å²) in [4.78, 5) is 9.35. The van der Waals surface area contributed by atoms with E-state index in [-0.39, 0.29) is 12.1 Å². The summed E-state index contributed by atoms with van der Waals surface area (Å²) in [7, 11) is 0. The van der Waals surface area contributed by atoms with Crippen molar-refractivity contribution in [3.8, 4) is 5.69 Å². The van der Waals surface area contributed by atoms with Crippen LogP contribution in [0.3, 0.4) is 0 Å². The standard InChI is InChI=1S/C32H34ClN5S/c1-21-8-6-9-24(17-21)37-15-7-11-29(37)31-30(27-10-4-5-14-34-27)35-32(39)38(31)25-12-13-28(26(33)18-25)36-19-22(2)16-23(3)20-36/h4-15,17-18,22-23,30-31H,16,19-20H2,1-3H3,(H,35,39)/t22-,23-,30-,31+/m0/s1. The summed E-state index contributed by atoms with van der Waals surface area (Å²) in [5.41, 5.74) is 6.48. The molecule has 2 aromatic heterocycles. The molecule has 2 saturated heterocycles. The van der Waals surface area contributed by atoms with Crippen LogP contribution >= 0.6 is 23.8 Å². The maximum absolute atomic E-state index is 7.01. The highest BCUT2D eigenvalue weighted by Gasteiger charge is 2.42. The maximum Gasteiger partial charge on any atom is 0.174 e. The molecule has 200 valence electrons. The Hall–Kier alpha value is -3.35. The number of piperidine rings is 1. The second-order valence-electron chi connectivity index (χ2n) is 11.1. The zero-order chi connectivity index (χ0) is 27.1. The van der Waals surface area contributed by atoms with Gasteiger partial charge in [0, 0.05) is 42.6 Å². The second kappa shape index (κ2) is 10.7. The summed E-state index contributed by atoms with van der Waals surface area (Å²) in [6.07, 6.45) is 5.22. The second-order valence-corrected chi connectivity index (χ2v) is 11.9. The molecule has 5 nitrogen and oxygen atoms in total. The summed E-state index contributed by atoms with van der Waals surface area (Å²) in [5, 5.41) is 5.00. The lowest BCUT2D eigenvalue weighted by Gasteiger charge is -2.37. The van der Waals surface area contributed by atoms with Crippen LogP contribution in [0.15, 0.2) is 85.2 Å². The van der Waals surface area contributed by atoms with E-state index >= 15 is 0 Å². The van der Waals surface area contributed by atoms with Gasteiger partial charge in [-0.3, -0.25) is 4.98 Å². The molecule has 0 saturated carbocycles. The number of nitrogens with zero attached hydrogens (tertiary/aromatic N) is 4. The van der Waals surface area contributed by atoms with E-state index in [1.54, 1.807) is 0 Å². The molecule has 2 fully saturated rings. The predicted octanol–water partition coefficient (Wildman–Crippen LogP) is 7.49. The molecule has 0 unspecified atom stereocenters. The minimum atomic E-state index is -0.126. The summed E-state index contributed by atoms with van der Waals surface area (Å²) >= 11 is 13.0. The maximum atomic E-state index is 7.01. The van der Waals surface area contributed by atoms with Gasteiger partial charge >= 0.3 is 0 Å². The smallest absolute Gasteiger partial charge is 0.174 e. The minimum absolute atomic E-state index is 0.125. The van der Waals surface area contributed by atoms with Crippen LogP contribution in [0.4, 0.5) is 11.4 Å². The van der Waals surface area contributed by atoms with Gasteiger partial charge in [-0.2, -0.15) is 0 Å². The summed E-state index contributed by atoms with van der Waals surface area (Å²) in [6.45, 7) is 8.83. The van der Waals surface area contributed by atoms with Gasteiger partial charge in [-0.1, -0.05) is 43.6 Å². The van der Waals surface area contributed by atoms with Gasteiger partial charge in [-0.15, -0.1) is 0 Å². The number of benzene rings is 2. The van der Waals surface area contributed by atoms with E-state index in [9.17, 15) is 0 Å². The van der Waals surface area contributed by atoms with Crippen molar-refractivity contribution in [1.82, 2.24) is 14.9 Å². The fraction of sp³-hybridized carbons (Fsp3) is 0.312. The molecule has 2 aliphatic heterocycles. The van der Waals surface area contributed by atoms with Crippen LogP contribution in [0.1, 0.15) is 49.3 Å². The number of aryl methyl sites for hydroxylation is 1. The van der Waals surface area contributed by atoms with E-state index in [0.717, 1.165) is 46.6 Å². The van der Waals surface area contributed by atoms with Crippen molar-refractivity contribution in [2.75, 3.05) is 22.9 Å². The number of nitrogens with one attached hydrogen (secondary N) is 1. The molecule has 4 aromatic rings. The molecule has 0 bridgehead atoms. The van der Waals surface area contributed by atoms with Crippen molar-refractivity contribution in [1.29, 1.82) is 0 Å². The average molecular weight is 556 g/mol. The molecule has 4 atom stereocenters. The Morgan fingerprint density at radius 2 is 1.74 bits per heavy atom. The van der Waals surface area contributed by atoms with Crippen LogP contribution in [0.2, 0.25) is 5.02 Å². The van der Waals surface area contributed by atoms with Crippen LogP contribution in [0.25, 0.3) is 5.69 Å². The van der Waals surface area contributed by atoms with Gasteiger partial charge in [0.25, 0.3) is 0 Å². The van der Waals surface area contributed by atoms with Gasteiger partial charge in [0.1, 0.15) is 6.04 Å². The van der Waals surface area contributed by atoms with E-state index in [0.29, 0.717) is 16.9 Å². The first kappa shape index (κ1) is 25.9. The number of anilines is 2. The summed E-state index contributed by atoms with van der Waals surface area (Å²) in [6, 6.07) is 25.0. The van der Waals surface area contributed by atoms with Crippen molar-refractivity contribution in [2.24, 2.45) is 11.8 Å². The molecule has 0 amide bonds. The van der Waals surface area contributed by atoms with E-state index in [2.05, 4.69) is 107 Å². The van der Waals surface area contributed by atoms with Gasteiger partial charge in [0.05, 0.1) is 22.4 Å². The van der Waals surface area contributed by atoms with Crippen molar-refractivity contribution in [3.05, 3.63) is 107 Å². The Kier molecular flexibility index (Phi) is 7.08. The molecule has 0 spiro atoms. The lowest BCUT2D eigenvalue weighted by molar-refractivity contribution is 0.357. The molecule has 0 radical (unpaired) electrons. The molecule has 6 rings (SSSR count). The fourth-order valence-electron chi connectivity index (χ4n) is 6.34. The quantitative estimate of drug-likeness (QED) is 0.258. The molecule has 2 aliphatic rings. The number of hydrogen-bond acceptors (Lipinski definition) is 3. The van der Waals surface area contributed by atoms with Gasteiger partial charge in [0.2, 0.25) is 0 Å². The first-order valence-electron chi connectivity index (χ1n) is 13.7. The number of aromatic nitrogens is 2. The third kappa shape index (κ3) is 5.04. The van der Waals surface area contributed by atoms with Crippen molar-refractivity contribution in [2.45, 2.75) is 39.3 Å². The molecule has 2 aromatic carbocycles. The summed E-state index contributed by atoms with van der Waals surface area (Å²) < 4.78 is 2.25. The van der Waals surface area contributed by atoms with Crippen LogP contribution in [0.5, 0.6) is 0 Å². The molecule has 4 heterocycles. The number of hydrogen-bond donors (Lipinski definition) is 1. The molecule has 7 heteroatoms. The molecular formula is C32H34ClN5S. The normalized spacial score (nSPS) is 23.2. The summed E-state index contributed by atoms with van der Waals surface area (Å²) in [5.74, 6) is 1.30. The average Bonchev–Trinajstić information content (AvgIpc) is 3.53. The Bertz CT molecular complexity index is 1470. The molecular weight excluding hydrogens is 522 g/mol.